The van der Waals surface area contributed by atoms with Crippen LogP contribution in [-0.4, -0.2) is 23.0 Å². The van der Waals surface area contributed by atoms with Crippen molar-refractivity contribution in [3.63, 3.8) is 0 Å². The Labute approximate surface area is 146 Å². The van der Waals surface area contributed by atoms with Gasteiger partial charge in [-0.05, 0) is 54.0 Å². The number of amidine groups is 1. The van der Waals surface area contributed by atoms with Crippen LogP contribution in [0.25, 0.3) is 11.1 Å². The molecule has 2 unspecified atom stereocenters. The molecule has 2 aliphatic rings. The molecule has 2 heterocycles. The fraction of sp³-hybridized carbons (Fsp3) is 0.368. The Morgan fingerprint density at radius 1 is 1.21 bits per heavy atom. The lowest BCUT2D eigenvalue weighted by Gasteiger charge is -2.27. The molecule has 24 heavy (non-hydrogen) atoms. The summed E-state index contributed by atoms with van der Waals surface area (Å²) in [5.74, 6) is 2.43. The van der Waals surface area contributed by atoms with Crippen molar-refractivity contribution in [1.29, 1.82) is 0 Å². The summed E-state index contributed by atoms with van der Waals surface area (Å²) < 4.78 is 5.31. The highest BCUT2D eigenvalue weighted by molar-refractivity contribution is 8.13. The van der Waals surface area contributed by atoms with E-state index in [4.69, 9.17) is 15.5 Å². The van der Waals surface area contributed by atoms with E-state index in [9.17, 15) is 0 Å². The first-order chi connectivity index (χ1) is 11.7. The van der Waals surface area contributed by atoms with Crippen LogP contribution in [0.4, 0.5) is 0 Å². The largest absolute Gasteiger partial charge is 0.495 e. The summed E-state index contributed by atoms with van der Waals surface area (Å²) >= 11 is 1.69. The molecule has 124 valence electrons. The van der Waals surface area contributed by atoms with Gasteiger partial charge in [-0.2, -0.15) is 0 Å². The maximum Gasteiger partial charge on any atom is 0.154 e. The normalized spacial score (nSPS) is 22.8. The maximum atomic E-state index is 6.02. The predicted molar refractivity (Wildman–Crippen MR) is 99.5 cm³/mol. The fourth-order valence-corrected chi connectivity index (χ4v) is 4.57. The van der Waals surface area contributed by atoms with Crippen LogP contribution in [0.2, 0.25) is 0 Å². The van der Waals surface area contributed by atoms with Gasteiger partial charge in [0.05, 0.1) is 19.3 Å². The number of thioether (sulfide) groups is 1. The van der Waals surface area contributed by atoms with E-state index in [0.717, 1.165) is 34.2 Å². The monoisotopic (exact) mass is 339 g/mol. The molecule has 0 saturated carbocycles. The molecule has 0 saturated heterocycles. The number of nitrogens with two attached hydrogens (primary N) is 1. The van der Waals surface area contributed by atoms with Crippen LogP contribution in [0.15, 0.2) is 41.7 Å². The van der Waals surface area contributed by atoms with E-state index in [1.807, 2.05) is 12.3 Å². The Kier molecular flexibility index (Phi) is 4.19. The number of aliphatic imine (C=N–C) groups is 1. The second kappa shape index (κ2) is 6.48. The number of nitrogens with zero attached hydrogens (tertiary/aromatic N) is 2. The SMILES string of the molecule is COc1cncc(-c2ccc3c(c2)C2N=C(N)SCC2CCC3)c1. The number of aryl methyl sites for hydroxylation is 1. The third-order valence-corrected chi connectivity index (χ3v) is 5.92. The number of hydrogen-bond donors (Lipinski definition) is 1. The number of benzene rings is 1. The summed E-state index contributed by atoms with van der Waals surface area (Å²) in [7, 11) is 1.67. The minimum Gasteiger partial charge on any atom is -0.495 e. The summed E-state index contributed by atoms with van der Waals surface area (Å²) in [6, 6.07) is 8.93. The molecule has 4 rings (SSSR count). The van der Waals surface area contributed by atoms with Gasteiger partial charge in [0.15, 0.2) is 5.17 Å². The second-order valence-electron chi connectivity index (χ2n) is 6.40. The Morgan fingerprint density at radius 2 is 2.12 bits per heavy atom. The standard InChI is InChI=1S/C19H21N3OS/c1-23-16-7-15(9-21-10-16)13-6-5-12-3-2-4-14-11-24-19(20)22-18(14)17(12)8-13/h5-10,14,18H,2-4,11H2,1H3,(H2,20,22). The first kappa shape index (κ1) is 15.5. The van der Waals surface area contributed by atoms with Crippen LogP contribution in [0.1, 0.15) is 30.0 Å². The number of ether oxygens (including phenoxy) is 1. The van der Waals surface area contributed by atoms with Crippen molar-refractivity contribution >= 4 is 16.9 Å². The molecule has 2 N–H and O–H groups in total. The quantitative estimate of drug-likeness (QED) is 0.904. The topological polar surface area (TPSA) is 60.5 Å². The van der Waals surface area contributed by atoms with Gasteiger partial charge >= 0.3 is 0 Å². The number of aromatic nitrogens is 1. The molecule has 0 bridgehead atoms. The van der Waals surface area contributed by atoms with Crippen molar-refractivity contribution in [2.45, 2.75) is 25.3 Å². The number of methoxy groups -OCH3 is 1. The van der Waals surface area contributed by atoms with Crippen LogP contribution in [0.3, 0.4) is 0 Å². The number of rotatable bonds is 2. The third kappa shape index (κ3) is 2.88. The Bertz CT molecular complexity index is 790. The lowest BCUT2D eigenvalue weighted by atomic mass is 9.90. The minimum atomic E-state index is 0.197. The van der Waals surface area contributed by atoms with Gasteiger partial charge in [-0.1, -0.05) is 23.9 Å². The molecule has 2 aromatic rings. The zero-order valence-corrected chi connectivity index (χ0v) is 14.6. The average molecular weight is 339 g/mol. The number of pyridine rings is 1. The van der Waals surface area contributed by atoms with E-state index < -0.39 is 0 Å². The molecule has 0 radical (unpaired) electrons. The van der Waals surface area contributed by atoms with Gasteiger partial charge in [-0.25, -0.2) is 0 Å². The van der Waals surface area contributed by atoms with Gasteiger partial charge in [0, 0.05) is 17.5 Å². The number of fused-ring (bicyclic) bond motifs is 3. The predicted octanol–water partition coefficient (Wildman–Crippen LogP) is 3.81. The van der Waals surface area contributed by atoms with E-state index in [2.05, 4.69) is 23.2 Å². The Morgan fingerprint density at radius 3 is 3.00 bits per heavy atom. The smallest absolute Gasteiger partial charge is 0.154 e. The first-order valence-corrected chi connectivity index (χ1v) is 9.31. The van der Waals surface area contributed by atoms with Crippen molar-refractivity contribution in [3.05, 3.63) is 47.8 Å². The fourth-order valence-electron chi connectivity index (χ4n) is 3.65. The highest BCUT2D eigenvalue weighted by Gasteiger charge is 2.31. The zero-order valence-electron chi connectivity index (χ0n) is 13.7. The second-order valence-corrected chi connectivity index (χ2v) is 7.44. The van der Waals surface area contributed by atoms with Crippen LogP contribution >= 0.6 is 11.8 Å². The van der Waals surface area contributed by atoms with E-state index in [-0.39, 0.29) is 6.04 Å². The maximum absolute atomic E-state index is 6.02. The van der Waals surface area contributed by atoms with Crippen molar-refractivity contribution in [3.8, 4) is 16.9 Å². The van der Waals surface area contributed by atoms with E-state index in [0.29, 0.717) is 5.92 Å². The molecule has 5 heteroatoms. The van der Waals surface area contributed by atoms with Crippen molar-refractivity contribution < 1.29 is 4.74 Å². The lowest BCUT2D eigenvalue weighted by molar-refractivity contribution is 0.413. The minimum absolute atomic E-state index is 0.197. The summed E-state index contributed by atoms with van der Waals surface area (Å²) in [4.78, 5) is 9.07. The molecule has 0 amide bonds. The van der Waals surface area contributed by atoms with Gasteiger partial charge in [-0.15, -0.1) is 0 Å². The molecule has 1 aliphatic carbocycles. The third-order valence-electron chi connectivity index (χ3n) is 4.93. The molecule has 1 aliphatic heterocycles. The zero-order chi connectivity index (χ0) is 16.5. The Hall–Kier alpha value is -2.01. The average Bonchev–Trinajstić information content (AvgIpc) is 2.80. The molecule has 2 atom stereocenters. The molecule has 0 spiro atoms. The highest BCUT2D eigenvalue weighted by Crippen LogP contribution is 2.42. The van der Waals surface area contributed by atoms with Crippen molar-refractivity contribution in [2.24, 2.45) is 16.6 Å². The van der Waals surface area contributed by atoms with Gasteiger partial charge in [0.2, 0.25) is 0 Å². The van der Waals surface area contributed by atoms with Gasteiger partial charge < -0.3 is 10.5 Å². The van der Waals surface area contributed by atoms with Crippen molar-refractivity contribution in [1.82, 2.24) is 4.98 Å². The molecule has 1 aromatic heterocycles. The number of hydrogen-bond acceptors (Lipinski definition) is 5. The van der Waals surface area contributed by atoms with Crippen LogP contribution in [0, 0.1) is 5.92 Å². The molecule has 0 fully saturated rings. The van der Waals surface area contributed by atoms with Crippen LogP contribution in [-0.2, 0) is 6.42 Å². The van der Waals surface area contributed by atoms with Gasteiger partial charge in [-0.3, -0.25) is 9.98 Å². The molecule has 1 aromatic carbocycles. The summed E-state index contributed by atoms with van der Waals surface area (Å²) in [5.41, 5.74) is 11.0. The van der Waals surface area contributed by atoms with E-state index in [1.165, 1.54) is 24.0 Å². The Balaban J connectivity index is 1.79. The van der Waals surface area contributed by atoms with E-state index >= 15 is 0 Å². The lowest BCUT2D eigenvalue weighted by Crippen LogP contribution is -2.24. The molecule has 4 nitrogen and oxygen atoms in total. The molecular formula is C19H21N3OS. The highest BCUT2D eigenvalue weighted by atomic mass is 32.2. The van der Waals surface area contributed by atoms with Gasteiger partial charge in [0.25, 0.3) is 0 Å². The van der Waals surface area contributed by atoms with Crippen LogP contribution < -0.4 is 10.5 Å². The molecular weight excluding hydrogens is 318 g/mol. The van der Waals surface area contributed by atoms with Gasteiger partial charge in [0.1, 0.15) is 5.75 Å². The summed E-state index contributed by atoms with van der Waals surface area (Å²) in [5, 5.41) is 0.720. The summed E-state index contributed by atoms with van der Waals surface area (Å²) in [6.07, 6.45) is 7.18. The van der Waals surface area contributed by atoms with Crippen LogP contribution in [0.5, 0.6) is 5.75 Å². The summed E-state index contributed by atoms with van der Waals surface area (Å²) in [6.45, 7) is 0. The first-order valence-electron chi connectivity index (χ1n) is 8.33. The van der Waals surface area contributed by atoms with Crippen molar-refractivity contribution in [2.75, 3.05) is 12.9 Å². The van der Waals surface area contributed by atoms with E-state index in [1.54, 1.807) is 25.1 Å².